The summed E-state index contributed by atoms with van der Waals surface area (Å²) in [7, 11) is 3.86. The Balaban J connectivity index is 1.58. The van der Waals surface area contributed by atoms with Crippen molar-refractivity contribution in [3.63, 3.8) is 0 Å². The van der Waals surface area contributed by atoms with Gasteiger partial charge in [0.15, 0.2) is 0 Å². The third-order valence-corrected chi connectivity index (χ3v) is 6.42. The minimum atomic E-state index is -0.153. The molecule has 0 aliphatic carbocycles. The molecular formula is C23H29N5O2S. The second-order valence-electron chi connectivity index (χ2n) is 8.35. The average Bonchev–Trinajstić information content (AvgIpc) is 3.14. The molecule has 1 aliphatic rings. The van der Waals surface area contributed by atoms with Crippen molar-refractivity contribution in [2.24, 2.45) is 0 Å². The van der Waals surface area contributed by atoms with E-state index < -0.39 is 0 Å². The molecule has 1 N–H and O–H groups in total. The van der Waals surface area contributed by atoms with Gasteiger partial charge >= 0.3 is 0 Å². The zero-order valence-electron chi connectivity index (χ0n) is 18.5. The van der Waals surface area contributed by atoms with Crippen LogP contribution in [-0.2, 0) is 11.3 Å². The normalized spacial score (nSPS) is 17.3. The summed E-state index contributed by atoms with van der Waals surface area (Å²) in [6.07, 6.45) is 3.61. The molecule has 31 heavy (non-hydrogen) atoms. The Hall–Kier alpha value is -2.55. The Labute approximate surface area is 187 Å². The molecule has 1 aliphatic heterocycles. The number of aromatic nitrogens is 2. The first-order valence-corrected chi connectivity index (χ1v) is 11.4. The van der Waals surface area contributed by atoms with Crippen LogP contribution in [0.3, 0.4) is 0 Å². The van der Waals surface area contributed by atoms with Crippen LogP contribution in [0, 0.1) is 0 Å². The third-order valence-electron chi connectivity index (χ3n) is 5.23. The first kappa shape index (κ1) is 21.7. The lowest BCUT2D eigenvalue weighted by Crippen LogP contribution is -2.38. The number of morpholine rings is 1. The van der Waals surface area contributed by atoms with Crippen LogP contribution in [0.4, 0.5) is 5.95 Å². The Kier molecular flexibility index (Phi) is 6.50. The number of nitrogens with one attached hydrogen (secondary N) is 1. The average molecular weight is 440 g/mol. The van der Waals surface area contributed by atoms with E-state index in [1.54, 1.807) is 11.3 Å². The van der Waals surface area contributed by atoms with Gasteiger partial charge in [0.2, 0.25) is 5.95 Å². The largest absolute Gasteiger partial charge is 0.371 e. The van der Waals surface area contributed by atoms with Crippen LogP contribution in [0.25, 0.3) is 10.1 Å². The van der Waals surface area contributed by atoms with Gasteiger partial charge in [-0.15, -0.1) is 11.3 Å². The van der Waals surface area contributed by atoms with Gasteiger partial charge in [-0.2, -0.15) is 0 Å². The predicted molar refractivity (Wildman–Crippen MR) is 125 cm³/mol. The maximum atomic E-state index is 13.0. The highest BCUT2D eigenvalue weighted by molar-refractivity contribution is 7.21. The number of rotatable bonds is 6. The molecule has 1 amide bonds. The molecule has 2 aromatic heterocycles. The third kappa shape index (κ3) is 4.87. The molecule has 164 valence electrons. The maximum Gasteiger partial charge on any atom is 0.261 e. The number of thiophene rings is 1. The van der Waals surface area contributed by atoms with Crippen molar-refractivity contribution >= 4 is 33.3 Å². The molecule has 0 spiro atoms. The lowest BCUT2D eigenvalue weighted by atomic mass is 10.0. The van der Waals surface area contributed by atoms with Crippen molar-refractivity contribution in [3.8, 4) is 0 Å². The van der Waals surface area contributed by atoms with E-state index >= 15 is 0 Å². The number of fused-ring (bicyclic) bond motifs is 1. The van der Waals surface area contributed by atoms with Crippen molar-refractivity contribution in [2.75, 3.05) is 38.7 Å². The second kappa shape index (κ2) is 9.30. The fourth-order valence-electron chi connectivity index (χ4n) is 3.82. The van der Waals surface area contributed by atoms with E-state index in [2.05, 4.69) is 32.3 Å². The van der Waals surface area contributed by atoms with E-state index in [0.29, 0.717) is 12.6 Å². The van der Waals surface area contributed by atoms with Gasteiger partial charge in [-0.1, -0.05) is 18.2 Å². The van der Waals surface area contributed by atoms with Crippen LogP contribution in [-0.4, -0.2) is 60.6 Å². The standard InChI is InChI=1S/C23H29N5O2S/c1-15(2)26-22(29)21-20(17-7-5-6-8-19(17)31-21)18-14-28(9-10-30-18)13-16-11-24-23(25-12-16)27(3)4/h5-8,11-12,15,18H,9-10,13-14H2,1-4H3,(H,26,29)/t18-/m0/s1. The summed E-state index contributed by atoms with van der Waals surface area (Å²) in [6, 6.07) is 8.27. The van der Waals surface area contributed by atoms with Crippen LogP contribution in [0.2, 0.25) is 0 Å². The Morgan fingerprint density at radius 1 is 1.29 bits per heavy atom. The van der Waals surface area contributed by atoms with Gasteiger partial charge in [0.25, 0.3) is 5.91 Å². The highest BCUT2D eigenvalue weighted by atomic mass is 32.1. The van der Waals surface area contributed by atoms with Crippen LogP contribution in [0.15, 0.2) is 36.7 Å². The molecule has 8 heteroatoms. The lowest BCUT2D eigenvalue weighted by Gasteiger charge is -2.33. The van der Waals surface area contributed by atoms with Crippen molar-refractivity contribution in [2.45, 2.75) is 32.5 Å². The summed E-state index contributed by atoms with van der Waals surface area (Å²) < 4.78 is 7.30. The van der Waals surface area contributed by atoms with Crippen molar-refractivity contribution in [1.82, 2.24) is 20.2 Å². The molecule has 3 heterocycles. The van der Waals surface area contributed by atoms with Crippen LogP contribution >= 0.6 is 11.3 Å². The number of amides is 1. The van der Waals surface area contributed by atoms with Crippen molar-refractivity contribution in [1.29, 1.82) is 0 Å². The smallest absolute Gasteiger partial charge is 0.261 e. The quantitative estimate of drug-likeness (QED) is 0.634. The summed E-state index contributed by atoms with van der Waals surface area (Å²) >= 11 is 1.54. The van der Waals surface area contributed by atoms with E-state index in [0.717, 1.165) is 45.7 Å². The predicted octanol–water partition coefficient (Wildman–Crippen LogP) is 3.47. The molecule has 1 atom stereocenters. The minimum absolute atomic E-state index is 0.0282. The lowest BCUT2D eigenvalue weighted by molar-refractivity contribution is -0.0323. The van der Waals surface area contributed by atoms with Crippen molar-refractivity contribution < 1.29 is 9.53 Å². The second-order valence-corrected chi connectivity index (χ2v) is 9.40. The van der Waals surface area contributed by atoms with E-state index in [-0.39, 0.29) is 18.1 Å². The first-order chi connectivity index (χ1) is 14.9. The van der Waals surface area contributed by atoms with Crippen LogP contribution in [0.1, 0.15) is 40.8 Å². The Bertz CT molecular complexity index is 1050. The number of carbonyl (C=O) groups excluding carboxylic acids is 1. The topological polar surface area (TPSA) is 70.6 Å². The zero-order valence-corrected chi connectivity index (χ0v) is 19.3. The van der Waals surface area contributed by atoms with E-state index in [9.17, 15) is 4.79 Å². The van der Waals surface area contributed by atoms with Gasteiger partial charge in [0.05, 0.1) is 17.6 Å². The van der Waals surface area contributed by atoms with Crippen molar-refractivity contribution in [3.05, 3.63) is 52.7 Å². The summed E-state index contributed by atoms with van der Waals surface area (Å²) in [5.74, 6) is 0.675. The minimum Gasteiger partial charge on any atom is -0.371 e. The number of nitrogens with zero attached hydrogens (tertiary/aromatic N) is 4. The molecule has 0 unspecified atom stereocenters. The molecule has 3 aromatic rings. The summed E-state index contributed by atoms with van der Waals surface area (Å²) in [6.45, 7) is 6.89. The van der Waals surface area contributed by atoms with Gasteiger partial charge < -0.3 is 15.0 Å². The number of ether oxygens (including phenoxy) is 1. The number of hydrogen-bond donors (Lipinski definition) is 1. The molecule has 4 rings (SSSR count). The van der Waals surface area contributed by atoms with Gasteiger partial charge in [-0.3, -0.25) is 9.69 Å². The highest BCUT2D eigenvalue weighted by Crippen LogP contribution is 2.38. The summed E-state index contributed by atoms with van der Waals surface area (Å²) in [5, 5.41) is 4.15. The Morgan fingerprint density at radius 3 is 2.74 bits per heavy atom. The van der Waals surface area contributed by atoms with Gasteiger partial charge in [0, 0.05) is 68.0 Å². The van der Waals surface area contributed by atoms with E-state index in [1.807, 2.05) is 57.4 Å². The van der Waals surface area contributed by atoms with Crippen LogP contribution < -0.4 is 10.2 Å². The monoisotopic (exact) mass is 439 g/mol. The fraction of sp³-hybridized carbons (Fsp3) is 0.435. The summed E-state index contributed by atoms with van der Waals surface area (Å²) in [4.78, 5) is 26.8. The molecule has 1 fully saturated rings. The molecule has 0 saturated carbocycles. The molecule has 0 radical (unpaired) electrons. The molecular weight excluding hydrogens is 410 g/mol. The highest BCUT2D eigenvalue weighted by Gasteiger charge is 2.30. The van der Waals surface area contributed by atoms with E-state index in [1.165, 1.54) is 0 Å². The Morgan fingerprint density at radius 2 is 2.03 bits per heavy atom. The molecule has 1 aromatic carbocycles. The SMILES string of the molecule is CC(C)NC(=O)c1sc2ccccc2c1[C@@H]1CN(Cc2cnc(N(C)C)nc2)CCO1. The fourth-order valence-corrected chi connectivity index (χ4v) is 4.98. The molecule has 0 bridgehead atoms. The van der Waals surface area contributed by atoms with Gasteiger partial charge in [-0.25, -0.2) is 9.97 Å². The number of carbonyl (C=O) groups is 1. The zero-order chi connectivity index (χ0) is 22.0. The molecule has 1 saturated heterocycles. The number of benzene rings is 1. The van der Waals surface area contributed by atoms with E-state index in [4.69, 9.17) is 4.74 Å². The van der Waals surface area contributed by atoms with Crippen LogP contribution in [0.5, 0.6) is 0 Å². The van der Waals surface area contributed by atoms with Gasteiger partial charge in [0.1, 0.15) is 0 Å². The number of hydrogen-bond acceptors (Lipinski definition) is 7. The number of anilines is 1. The first-order valence-electron chi connectivity index (χ1n) is 10.6. The summed E-state index contributed by atoms with van der Waals surface area (Å²) in [5.41, 5.74) is 2.07. The van der Waals surface area contributed by atoms with Gasteiger partial charge in [-0.05, 0) is 25.3 Å². The maximum absolute atomic E-state index is 13.0. The molecule has 7 nitrogen and oxygen atoms in total.